The van der Waals surface area contributed by atoms with Gasteiger partial charge in [-0.1, -0.05) is 17.7 Å². The summed E-state index contributed by atoms with van der Waals surface area (Å²) in [5.74, 6) is 0.774. The first-order valence-corrected chi connectivity index (χ1v) is 7.11. The summed E-state index contributed by atoms with van der Waals surface area (Å²) in [4.78, 5) is 0. The van der Waals surface area contributed by atoms with Crippen molar-refractivity contribution in [2.75, 3.05) is 12.0 Å². The number of phenols is 1. The molecule has 1 aromatic rings. The third-order valence-corrected chi connectivity index (χ3v) is 3.53. The largest absolute Gasteiger partial charge is 0.508 e. The standard InChI is InChI=1S/C11H16ClNO2S/c1-8(7-16(2)15)13-6-9-10(12)4-3-5-11(9)14/h3-5,8,13-14H,6-7H2,1-2H3. The van der Waals surface area contributed by atoms with Gasteiger partial charge in [0.15, 0.2) is 0 Å². The lowest BCUT2D eigenvalue weighted by atomic mass is 10.2. The van der Waals surface area contributed by atoms with E-state index in [4.69, 9.17) is 11.6 Å². The molecule has 3 nitrogen and oxygen atoms in total. The Kier molecular flexibility index (Phi) is 5.25. The highest BCUT2D eigenvalue weighted by Crippen LogP contribution is 2.24. The predicted molar refractivity (Wildman–Crippen MR) is 68.4 cm³/mol. The smallest absolute Gasteiger partial charge is 0.121 e. The van der Waals surface area contributed by atoms with Crippen LogP contribution in [0.15, 0.2) is 18.2 Å². The van der Waals surface area contributed by atoms with Crippen molar-refractivity contribution in [1.82, 2.24) is 5.32 Å². The molecule has 2 atom stereocenters. The van der Waals surface area contributed by atoms with Crippen LogP contribution in [-0.4, -0.2) is 27.4 Å². The van der Waals surface area contributed by atoms with Crippen molar-refractivity contribution in [3.8, 4) is 5.75 Å². The van der Waals surface area contributed by atoms with Crippen molar-refractivity contribution in [3.05, 3.63) is 28.8 Å². The number of rotatable bonds is 5. The number of aromatic hydroxyl groups is 1. The Morgan fingerprint density at radius 3 is 2.81 bits per heavy atom. The van der Waals surface area contributed by atoms with Gasteiger partial charge in [0, 0.05) is 46.0 Å². The molecule has 1 aromatic carbocycles. The van der Waals surface area contributed by atoms with E-state index in [1.54, 1.807) is 24.5 Å². The molecular formula is C11H16ClNO2S. The summed E-state index contributed by atoms with van der Waals surface area (Å²) in [6, 6.07) is 5.17. The van der Waals surface area contributed by atoms with Crippen molar-refractivity contribution in [2.24, 2.45) is 0 Å². The van der Waals surface area contributed by atoms with Crippen molar-refractivity contribution in [1.29, 1.82) is 0 Å². The number of phenolic OH excluding ortho intramolecular Hbond substituents is 1. The highest BCUT2D eigenvalue weighted by molar-refractivity contribution is 7.84. The van der Waals surface area contributed by atoms with Gasteiger partial charge in [0.2, 0.25) is 0 Å². The lowest BCUT2D eigenvalue weighted by Gasteiger charge is -2.13. The Morgan fingerprint density at radius 1 is 1.56 bits per heavy atom. The monoisotopic (exact) mass is 261 g/mol. The minimum absolute atomic E-state index is 0.126. The fourth-order valence-electron chi connectivity index (χ4n) is 1.41. The fraction of sp³-hybridized carbons (Fsp3) is 0.455. The third-order valence-electron chi connectivity index (χ3n) is 2.21. The van der Waals surface area contributed by atoms with Gasteiger partial charge in [0.05, 0.1) is 0 Å². The molecule has 0 saturated heterocycles. The van der Waals surface area contributed by atoms with E-state index in [1.807, 2.05) is 6.92 Å². The van der Waals surface area contributed by atoms with Gasteiger partial charge in [-0.3, -0.25) is 4.21 Å². The van der Waals surface area contributed by atoms with Crippen LogP contribution in [0.25, 0.3) is 0 Å². The molecule has 0 heterocycles. The molecule has 0 saturated carbocycles. The second-order valence-electron chi connectivity index (χ2n) is 3.76. The molecular weight excluding hydrogens is 246 g/mol. The molecule has 16 heavy (non-hydrogen) atoms. The summed E-state index contributed by atoms with van der Waals surface area (Å²) in [5, 5.41) is 13.3. The van der Waals surface area contributed by atoms with E-state index >= 15 is 0 Å². The normalized spacial score (nSPS) is 14.7. The number of hydrogen-bond acceptors (Lipinski definition) is 3. The second kappa shape index (κ2) is 6.23. The van der Waals surface area contributed by atoms with E-state index < -0.39 is 10.8 Å². The Labute approximate surface area is 103 Å². The summed E-state index contributed by atoms with van der Waals surface area (Å²) in [6.07, 6.45) is 1.67. The quantitative estimate of drug-likeness (QED) is 0.851. The van der Waals surface area contributed by atoms with Crippen molar-refractivity contribution < 1.29 is 9.32 Å². The number of halogens is 1. The lowest BCUT2D eigenvalue weighted by molar-refractivity contribution is 0.461. The Morgan fingerprint density at radius 2 is 2.25 bits per heavy atom. The van der Waals surface area contributed by atoms with Crippen LogP contribution in [0.2, 0.25) is 5.02 Å². The van der Waals surface area contributed by atoms with Crippen molar-refractivity contribution >= 4 is 22.4 Å². The van der Waals surface area contributed by atoms with Gasteiger partial charge < -0.3 is 10.4 Å². The van der Waals surface area contributed by atoms with Gasteiger partial charge in [-0.05, 0) is 19.1 Å². The van der Waals surface area contributed by atoms with Gasteiger partial charge in [-0.15, -0.1) is 0 Å². The maximum atomic E-state index is 11.0. The first-order chi connectivity index (χ1) is 7.50. The van der Waals surface area contributed by atoms with Gasteiger partial charge in [-0.25, -0.2) is 0 Å². The Bertz CT molecular complexity index is 364. The van der Waals surface area contributed by atoms with Gasteiger partial charge in [0.25, 0.3) is 0 Å². The minimum Gasteiger partial charge on any atom is -0.508 e. The fourth-order valence-corrected chi connectivity index (χ4v) is 2.47. The highest BCUT2D eigenvalue weighted by Gasteiger charge is 2.08. The summed E-state index contributed by atoms with van der Waals surface area (Å²) >= 11 is 5.96. The minimum atomic E-state index is -0.822. The first kappa shape index (κ1) is 13.5. The zero-order valence-electron chi connectivity index (χ0n) is 9.37. The van der Waals surface area contributed by atoms with Crippen LogP contribution in [0.3, 0.4) is 0 Å². The molecule has 0 aliphatic rings. The Hall–Kier alpha value is -0.580. The van der Waals surface area contributed by atoms with Crippen LogP contribution in [0, 0.1) is 0 Å². The van der Waals surface area contributed by atoms with E-state index in [2.05, 4.69) is 5.32 Å². The van der Waals surface area contributed by atoms with Crippen LogP contribution in [-0.2, 0) is 17.3 Å². The SMILES string of the molecule is CC(CS(C)=O)NCc1c(O)cccc1Cl. The maximum Gasteiger partial charge on any atom is 0.121 e. The topological polar surface area (TPSA) is 49.3 Å². The zero-order valence-corrected chi connectivity index (χ0v) is 10.9. The van der Waals surface area contributed by atoms with Crippen LogP contribution < -0.4 is 5.32 Å². The van der Waals surface area contributed by atoms with Crippen LogP contribution in [0.1, 0.15) is 12.5 Å². The molecule has 0 aliphatic carbocycles. The molecule has 0 fully saturated rings. The maximum absolute atomic E-state index is 11.0. The second-order valence-corrected chi connectivity index (χ2v) is 5.65. The van der Waals surface area contributed by atoms with E-state index in [0.717, 1.165) is 0 Å². The summed E-state index contributed by atoms with van der Waals surface area (Å²) in [7, 11) is -0.822. The van der Waals surface area contributed by atoms with Crippen molar-refractivity contribution in [2.45, 2.75) is 19.5 Å². The van der Waals surface area contributed by atoms with E-state index in [9.17, 15) is 9.32 Å². The molecule has 1 rings (SSSR count). The molecule has 0 amide bonds. The molecule has 2 N–H and O–H groups in total. The van der Waals surface area contributed by atoms with Crippen molar-refractivity contribution in [3.63, 3.8) is 0 Å². The summed E-state index contributed by atoms with van der Waals surface area (Å²) in [6.45, 7) is 2.43. The van der Waals surface area contributed by atoms with Gasteiger partial charge >= 0.3 is 0 Å². The molecule has 2 unspecified atom stereocenters. The molecule has 5 heteroatoms. The predicted octanol–water partition coefficient (Wildman–Crippen LogP) is 1.90. The highest BCUT2D eigenvalue weighted by atomic mass is 35.5. The lowest BCUT2D eigenvalue weighted by Crippen LogP contribution is -2.30. The Balaban J connectivity index is 2.57. The zero-order chi connectivity index (χ0) is 12.1. The van der Waals surface area contributed by atoms with Crippen LogP contribution >= 0.6 is 11.6 Å². The molecule has 0 aliphatic heterocycles. The first-order valence-electron chi connectivity index (χ1n) is 5.00. The summed E-state index contributed by atoms with van der Waals surface area (Å²) < 4.78 is 11.0. The molecule has 90 valence electrons. The average Bonchev–Trinajstić information content (AvgIpc) is 2.15. The van der Waals surface area contributed by atoms with E-state index in [1.165, 1.54) is 0 Å². The number of nitrogens with one attached hydrogen (secondary N) is 1. The van der Waals surface area contributed by atoms with Crippen LogP contribution in [0.5, 0.6) is 5.75 Å². The van der Waals surface area contributed by atoms with E-state index in [-0.39, 0.29) is 11.8 Å². The van der Waals surface area contributed by atoms with Gasteiger partial charge in [0.1, 0.15) is 5.75 Å². The summed E-state index contributed by atoms with van der Waals surface area (Å²) in [5.41, 5.74) is 0.679. The number of benzene rings is 1. The van der Waals surface area contributed by atoms with Crippen LogP contribution in [0.4, 0.5) is 0 Å². The third kappa shape index (κ3) is 4.12. The molecule has 0 aromatic heterocycles. The molecule has 0 spiro atoms. The van der Waals surface area contributed by atoms with E-state index in [0.29, 0.717) is 22.9 Å². The number of hydrogen-bond donors (Lipinski definition) is 2. The molecule has 0 bridgehead atoms. The average molecular weight is 262 g/mol. The molecule has 0 radical (unpaired) electrons. The van der Waals surface area contributed by atoms with Gasteiger partial charge in [-0.2, -0.15) is 0 Å².